The first-order chi connectivity index (χ1) is 17.8. The minimum Gasteiger partial charge on any atom is -0.507 e. The predicted molar refractivity (Wildman–Crippen MR) is 144 cm³/mol. The van der Waals surface area contributed by atoms with E-state index in [0.717, 1.165) is 16.6 Å². The number of benzene rings is 3. The number of ether oxygens (including phenoxy) is 2. The summed E-state index contributed by atoms with van der Waals surface area (Å²) in [4.78, 5) is 31.8. The van der Waals surface area contributed by atoms with E-state index in [1.807, 2.05) is 31.2 Å². The number of Topliss-reactive ketones (excluding diaryl/α,β-unsaturated/α-hetero) is 1. The van der Waals surface area contributed by atoms with E-state index in [1.165, 1.54) is 31.3 Å². The van der Waals surface area contributed by atoms with Crippen molar-refractivity contribution in [3.63, 3.8) is 0 Å². The van der Waals surface area contributed by atoms with Crippen molar-refractivity contribution >= 4 is 57.2 Å². The van der Waals surface area contributed by atoms with Crippen molar-refractivity contribution < 1.29 is 24.2 Å². The quantitative estimate of drug-likeness (QED) is 0.174. The molecule has 188 valence electrons. The SMILES string of the molecule is COc1cc(OC)c(/C(O)=C2\C(=O)C(=O)N(c3cccc(Cl)c3)C2c2c(C)[nH]c3ccccc23)cc1Cl. The van der Waals surface area contributed by atoms with Gasteiger partial charge < -0.3 is 19.6 Å². The molecule has 7 nitrogen and oxygen atoms in total. The minimum atomic E-state index is -0.958. The third-order valence-corrected chi connectivity index (χ3v) is 7.01. The van der Waals surface area contributed by atoms with Gasteiger partial charge in [0, 0.05) is 38.9 Å². The lowest BCUT2D eigenvalue weighted by Crippen LogP contribution is -2.29. The molecule has 9 heteroatoms. The lowest BCUT2D eigenvalue weighted by molar-refractivity contribution is -0.132. The van der Waals surface area contributed by atoms with E-state index in [4.69, 9.17) is 32.7 Å². The van der Waals surface area contributed by atoms with E-state index < -0.39 is 23.5 Å². The Kier molecular flexibility index (Phi) is 6.35. The molecular formula is C28H22Cl2N2O5. The van der Waals surface area contributed by atoms with Gasteiger partial charge in [-0.15, -0.1) is 0 Å². The van der Waals surface area contributed by atoms with Crippen LogP contribution in [0.2, 0.25) is 10.0 Å². The van der Waals surface area contributed by atoms with Crippen LogP contribution < -0.4 is 14.4 Å². The van der Waals surface area contributed by atoms with E-state index in [0.29, 0.717) is 22.0 Å². The number of fused-ring (bicyclic) bond motifs is 1. The molecule has 1 aliphatic rings. The topological polar surface area (TPSA) is 91.9 Å². The maximum absolute atomic E-state index is 13.6. The van der Waals surface area contributed by atoms with Gasteiger partial charge in [0.15, 0.2) is 0 Å². The molecule has 0 spiro atoms. The second-order valence-electron chi connectivity index (χ2n) is 8.55. The summed E-state index contributed by atoms with van der Waals surface area (Å²) < 4.78 is 10.7. The highest BCUT2D eigenvalue weighted by molar-refractivity contribution is 6.52. The first-order valence-electron chi connectivity index (χ1n) is 11.3. The number of carbonyl (C=O) groups is 2. The molecule has 5 rings (SSSR count). The number of nitrogens with one attached hydrogen (secondary N) is 1. The Morgan fingerprint density at radius 2 is 1.70 bits per heavy atom. The first-order valence-corrected chi connectivity index (χ1v) is 12.1. The molecule has 0 bridgehead atoms. The molecular weight excluding hydrogens is 515 g/mol. The highest BCUT2D eigenvalue weighted by Crippen LogP contribution is 2.47. The van der Waals surface area contributed by atoms with Gasteiger partial charge in [-0.3, -0.25) is 14.5 Å². The van der Waals surface area contributed by atoms with Crippen molar-refractivity contribution in [1.29, 1.82) is 0 Å². The van der Waals surface area contributed by atoms with Gasteiger partial charge in [0.1, 0.15) is 17.3 Å². The van der Waals surface area contributed by atoms with Crippen LogP contribution in [0.15, 0.2) is 66.2 Å². The zero-order valence-corrected chi connectivity index (χ0v) is 21.6. The Bertz CT molecular complexity index is 1610. The van der Waals surface area contributed by atoms with Crippen molar-refractivity contribution in [2.75, 3.05) is 19.1 Å². The van der Waals surface area contributed by atoms with E-state index in [2.05, 4.69) is 4.98 Å². The number of hydrogen-bond donors (Lipinski definition) is 2. The van der Waals surface area contributed by atoms with Crippen LogP contribution in [-0.4, -0.2) is 36.0 Å². The van der Waals surface area contributed by atoms with Gasteiger partial charge in [0.25, 0.3) is 11.7 Å². The summed E-state index contributed by atoms with van der Waals surface area (Å²) in [5.74, 6) is -1.50. The van der Waals surface area contributed by atoms with Crippen molar-refractivity contribution in [2.45, 2.75) is 13.0 Å². The van der Waals surface area contributed by atoms with Crippen LogP contribution >= 0.6 is 23.2 Å². The molecule has 1 atom stereocenters. The Balaban J connectivity index is 1.84. The van der Waals surface area contributed by atoms with Crippen molar-refractivity contribution in [2.24, 2.45) is 0 Å². The molecule has 2 heterocycles. The molecule has 0 saturated carbocycles. The van der Waals surface area contributed by atoms with Crippen LogP contribution in [0, 0.1) is 6.92 Å². The monoisotopic (exact) mass is 536 g/mol. The number of para-hydroxylation sites is 1. The summed E-state index contributed by atoms with van der Waals surface area (Å²) in [5.41, 5.74) is 2.72. The minimum absolute atomic E-state index is 0.0997. The zero-order valence-electron chi connectivity index (χ0n) is 20.1. The van der Waals surface area contributed by atoms with Gasteiger partial charge in [0.05, 0.1) is 36.4 Å². The van der Waals surface area contributed by atoms with Gasteiger partial charge in [-0.05, 0) is 37.3 Å². The molecule has 1 saturated heterocycles. The van der Waals surface area contributed by atoms with E-state index >= 15 is 0 Å². The number of anilines is 1. The molecule has 1 aliphatic heterocycles. The molecule has 4 aromatic rings. The summed E-state index contributed by atoms with van der Waals surface area (Å²) in [5, 5.41) is 13.0. The summed E-state index contributed by atoms with van der Waals surface area (Å²) in [6.07, 6.45) is 0. The van der Waals surface area contributed by atoms with Gasteiger partial charge in [-0.2, -0.15) is 0 Å². The number of halogens is 2. The second-order valence-corrected chi connectivity index (χ2v) is 9.39. The smallest absolute Gasteiger partial charge is 0.300 e. The number of aryl methyl sites for hydroxylation is 1. The highest BCUT2D eigenvalue weighted by Gasteiger charge is 2.48. The summed E-state index contributed by atoms with van der Waals surface area (Å²) >= 11 is 12.6. The lowest BCUT2D eigenvalue weighted by atomic mass is 9.93. The fourth-order valence-corrected chi connectivity index (χ4v) is 5.26. The third kappa shape index (κ3) is 4.00. The second kappa shape index (κ2) is 9.50. The van der Waals surface area contributed by atoms with Crippen molar-refractivity contribution in [3.05, 3.63) is 93.1 Å². The number of aromatic nitrogens is 1. The highest BCUT2D eigenvalue weighted by atomic mass is 35.5. The molecule has 1 amide bonds. The van der Waals surface area contributed by atoms with Gasteiger partial charge in [0.2, 0.25) is 0 Å². The molecule has 2 N–H and O–H groups in total. The molecule has 1 unspecified atom stereocenters. The molecule has 0 aliphatic carbocycles. The maximum atomic E-state index is 13.6. The number of carbonyl (C=O) groups excluding carboxylic acids is 2. The third-order valence-electron chi connectivity index (χ3n) is 6.48. The van der Waals surface area contributed by atoms with Gasteiger partial charge in [-0.25, -0.2) is 0 Å². The number of rotatable bonds is 5. The van der Waals surface area contributed by atoms with E-state index in [1.54, 1.807) is 24.3 Å². The van der Waals surface area contributed by atoms with Crippen LogP contribution in [-0.2, 0) is 9.59 Å². The predicted octanol–water partition coefficient (Wildman–Crippen LogP) is 6.43. The van der Waals surface area contributed by atoms with E-state index in [9.17, 15) is 14.7 Å². The Morgan fingerprint density at radius 1 is 0.973 bits per heavy atom. The van der Waals surface area contributed by atoms with E-state index in [-0.39, 0.29) is 21.9 Å². The lowest BCUT2D eigenvalue weighted by Gasteiger charge is -2.26. The number of hydrogen-bond acceptors (Lipinski definition) is 5. The van der Waals surface area contributed by atoms with Crippen LogP contribution in [0.3, 0.4) is 0 Å². The number of aromatic amines is 1. The van der Waals surface area contributed by atoms with Gasteiger partial charge >= 0.3 is 0 Å². The number of methoxy groups -OCH3 is 2. The van der Waals surface area contributed by atoms with Crippen LogP contribution in [0.4, 0.5) is 5.69 Å². The summed E-state index contributed by atoms with van der Waals surface area (Å²) in [6, 6.07) is 16.2. The fraction of sp³-hybridized carbons (Fsp3) is 0.143. The van der Waals surface area contributed by atoms with Gasteiger partial charge in [-0.1, -0.05) is 47.5 Å². The number of nitrogens with zero attached hydrogens (tertiary/aromatic N) is 1. The van der Waals surface area contributed by atoms with Crippen molar-refractivity contribution in [1.82, 2.24) is 4.98 Å². The van der Waals surface area contributed by atoms with Crippen LogP contribution in [0.1, 0.15) is 22.9 Å². The summed E-state index contributed by atoms with van der Waals surface area (Å²) in [7, 11) is 2.88. The number of H-pyrrole nitrogens is 1. The van der Waals surface area contributed by atoms with Crippen molar-refractivity contribution in [3.8, 4) is 11.5 Å². The zero-order chi connectivity index (χ0) is 26.4. The standard InChI is InChI=1S/C28H22Cl2N2O5/c1-14-23(17-9-4-5-10-20(17)31-14)25-24(26(33)18-12-19(30)22(37-3)13-21(18)36-2)27(34)28(35)32(25)16-8-6-7-15(29)11-16/h4-13,25,31,33H,1-3H3/b26-24+. The molecule has 1 aromatic heterocycles. The normalized spacial score (nSPS) is 17.0. The molecule has 3 aromatic carbocycles. The average molecular weight is 537 g/mol. The Labute approximate surface area is 222 Å². The first kappa shape index (κ1) is 24.7. The number of aliphatic hydroxyl groups is 1. The number of ketones is 1. The molecule has 0 radical (unpaired) electrons. The Hall–Kier alpha value is -3.94. The average Bonchev–Trinajstić information content (AvgIpc) is 3.35. The maximum Gasteiger partial charge on any atom is 0.300 e. The van der Waals surface area contributed by atoms with Crippen LogP contribution in [0.25, 0.3) is 16.7 Å². The number of amides is 1. The largest absolute Gasteiger partial charge is 0.507 e. The van der Waals surface area contributed by atoms with Crippen LogP contribution in [0.5, 0.6) is 11.5 Å². The molecule has 1 fully saturated rings. The number of aliphatic hydroxyl groups excluding tert-OH is 1. The fourth-order valence-electron chi connectivity index (χ4n) is 4.84. The summed E-state index contributed by atoms with van der Waals surface area (Å²) in [6.45, 7) is 1.86. The molecule has 37 heavy (non-hydrogen) atoms. The Morgan fingerprint density at radius 3 is 2.41 bits per heavy atom.